The predicted molar refractivity (Wildman–Crippen MR) is 90.4 cm³/mol. The highest BCUT2D eigenvalue weighted by Crippen LogP contribution is 2.16. The predicted octanol–water partition coefficient (Wildman–Crippen LogP) is 3.27. The topological polar surface area (TPSA) is 61.8 Å². The average molecular weight is 320 g/mol. The molecule has 1 fully saturated rings. The van der Waals surface area contributed by atoms with Gasteiger partial charge >= 0.3 is 6.09 Å². The lowest BCUT2D eigenvalue weighted by Gasteiger charge is -2.26. The number of phenols is 1. The standard InChI is InChI=1S/C18H28N2O3/c1-18(2,3)23-17(22)20-10-5-7-15(9-11-20)19-13-14-6-4-8-16(21)12-14/h4,6,8,12,15,19,21H,5,7,9-11,13H2,1-3H3. The number of likely N-dealkylation sites (tertiary alicyclic amines) is 1. The number of phenolic OH excluding ortho intramolecular Hbond substituents is 1. The van der Waals surface area contributed by atoms with Crippen LogP contribution >= 0.6 is 0 Å². The van der Waals surface area contributed by atoms with Crippen LogP contribution in [0.2, 0.25) is 0 Å². The van der Waals surface area contributed by atoms with E-state index in [0.29, 0.717) is 18.3 Å². The second kappa shape index (κ2) is 7.68. The minimum absolute atomic E-state index is 0.217. The summed E-state index contributed by atoms with van der Waals surface area (Å²) in [5.74, 6) is 0.293. The molecule has 5 heteroatoms. The maximum absolute atomic E-state index is 12.1. The number of aromatic hydroxyl groups is 1. The molecule has 1 aromatic carbocycles. The van der Waals surface area contributed by atoms with Gasteiger partial charge in [-0.25, -0.2) is 4.79 Å². The largest absolute Gasteiger partial charge is 0.508 e. The Morgan fingerprint density at radius 3 is 2.83 bits per heavy atom. The molecule has 128 valence electrons. The minimum Gasteiger partial charge on any atom is -0.508 e. The Labute approximate surface area is 138 Å². The van der Waals surface area contributed by atoms with E-state index in [4.69, 9.17) is 4.74 Å². The van der Waals surface area contributed by atoms with Crippen LogP contribution in [0.25, 0.3) is 0 Å². The molecule has 5 nitrogen and oxygen atoms in total. The first kappa shape index (κ1) is 17.6. The van der Waals surface area contributed by atoms with Crippen LogP contribution in [-0.4, -0.2) is 40.8 Å². The van der Waals surface area contributed by atoms with Crippen molar-refractivity contribution in [1.29, 1.82) is 0 Å². The summed E-state index contributed by atoms with van der Waals surface area (Å²) in [6, 6.07) is 7.68. The molecular formula is C18H28N2O3. The van der Waals surface area contributed by atoms with E-state index in [-0.39, 0.29) is 6.09 Å². The molecule has 0 spiro atoms. The number of ether oxygens (including phenoxy) is 1. The summed E-state index contributed by atoms with van der Waals surface area (Å²) in [4.78, 5) is 14.0. The molecule has 1 unspecified atom stereocenters. The summed E-state index contributed by atoms with van der Waals surface area (Å²) in [5.41, 5.74) is 0.620. The van der Waals surface area contributed by atoms with E-state index >= 15 is 0 Å². The zero-order chi connectivity index (χ0) is 16.9. The fraction of sp³-hybridized carbons (Fsp3) is 0.611. The quantitative estimate of drug-likeness (QED) is 0.897. The zero-order valence-electron chi connectivity index (χ0n) is 14.3. The number of hydrogen-bond acceptors (Lipinski definition) is 4. The Balaban J connectivity index is 1.80. The molecule has 1 aromatic rings. The van der Waals surface area contributed by atoms with Gasteiger partial charge in [0, 0.05) is 25.7 Å². The van der Waals surface area contributed by atoms with E-state index < -0.39 is 5.60 Å². The molecule has 1 atom stereocenters. The molecule has 1 aliphatic heterocycles. The Kier molecular flexibility index (Phi) is 5.88. The van der Waals surface area contributed by atoms with Crippen LogP contribution in [0.15, 0.2) is 24.3 Å². The van der Waals surface area contributed by atoms with Gasteiger partial charge < -0.3 is 20.1 Å². The molecule has 0 aliphatic carbocycles. The number of rotatable bonds is 3. The molecule has 1 amide bonds. The van der Waals surface area contributed by atoms with Crippen molar-refractivity contribution in [3.63, 3.8) is 0 Å². The smallest absolute Gasteiger partial charge is 0.410 e. The summed E-state index contributed by atoms with van der Waals surface area (Å²) < 4.78 is 5.45. The van der Waals surface area contributed by atoms with Crippen molar-refractivity contribution in [2.75, 3.05) is 13.1 Å². The molecule has 1 aliphatic rings. The molecule has 0 bridgehead atoms. The lowest BCUT2D eigenvalue weighted by molar-refractivity contribution is 0.0256. The number of amides is 1. The van der Waals surface area contributed by atoms with E-state index in [1.165, 1.54) is 0 Å². The van der Waals surface area contributed by atoms with Gasteiger partial charge in [-0.15, -0.1) is 0 Å². The SMILES string of the molecule is CC(C)(C)OC(=O)N1CCCC(NCc2cccc(O)c2)CC1. The molecule has 2 N–H and O–H groups in total. The normalized spacial score (nSPS) is 19.3. The highest BCUT2D eigenvalue weighted by molar-refractivity contribution is 5.68. The summed E-state index contributed by atoms with van der Waals surface area (Å²) >= 11 is 0. The number of hydrogen-bond donors (Lipinski definition) is 2. The van der Waals surface area contributed by atoms with E-state index in [1.807, 2.05) is 32.9 Å². The third kappa shape index (κ3) is 6.10. The third-order valence-electron chi connectivity index (χ3n) is 3.89. The van der Waals surface area contributed by atoms with Gasteiger partial charge in [-0.05, 0) is 57.7 Å². The minimum atomic E-state index is -0.448. The summed E-state index contributed by atoms with van der Waals surface area (Å²) in [5, 5.41) is 13.0. The first-order valence-electron chi connectivity index (χ1n) is 8.33. The zero-order valence-corrected chi connectivity index (χ0v) is 14.3. The van der Waals surface area contributed by atoms with Crippen molar-refractivity contribution >= 4 is 6.09 Å². The second-order valence-electron chi connectivity index (χ2n) is 7.15. The van der Waals surface area contributed by atoms with Gasteiger partial charge in [-0.3, -0.25) is 0 Å². The van der Waals surface area contributed by atoms with Crippen LogP contribution < -0.4 is 5.32 Å². The fourth-order valence-corrected chi connectivity index (χ4v) is 2.74. The van der Waals surface area contributed by atoms with Crippen LogP contribution in [0.1, 0.15) is 45.6 Å². The van der Waals surface area contributed by atoms with Gasteiger partial charge in [-0.2, -0.15) is 0 Å². The maximum Gasteiger partial charge on any atom is 0.410 e. The monoisotopic (exact) mass is 320 g/mol. The van der Waals surface area contributed by atoms with Crippen molar-refractivity contribution in [2.45, 2.75) is 58.2 Å². The average Bonchev–Trinajstić information content (AvgIpc) is 2.69. The van der Waals surface area contributed by atoms with Crippen LogP contribution in [-0.2, 0) is 11.3 Å². The van der Waals surface area contributed by atoms with Gasteiger partial charge in [0.1, 0.15) is 11.4 Å². The Bertz CT molecular complexity index is 525. The highest BCUT2D eigenvalue weighted by atomic mass is 16.6. The van der Waals surface area contributed by atoms with Crippen molar-refractivity contribution in [3.05, 3.63) is 29.8 Å². The summed E-state index contributed by atoms with van der Waals surface area (Å²) in [6.07, 6.45) is 2.71. The van der Waals surface area contributed by atoms with Gasteiger partial charge in [0.25, 0.3) is 0 Å². The number of benzene rings is 1. The number of nitrogens with one attached hydrogen (secondary N) is 1. The van der Waals surface area contributed by atoms with Gasteiger partial charge in [0.2, 0.25) is 0 Å². The first-order chi connectivity index (χ1) is 10.8. The van der Waals surface area contributed by atoms with E-state index in [1.54, 1.807) is 17.0 Å². The number of carbonyl (C=O) groups is 1. The number of carbonyl (C=O) groups excluding carboxylic acids is 1. The van der Waals surface area contributed by atoms with Crippen molar-refractivity contribution in [1.82, 2.24) is 10.2 Å². The molecule has 0 aromatic heterocycles. The number of nitrogens with zero attached hydrogens (tertiary/aromatic N) is 1. The van der Waals surface area contributed by atoms with Gasteiger partial charge in [0.15, 0.2) is 0 Å². The molecule has 1 saturated heterocycles. The molecular weight excluding hydrogens is 292 g/mol. The van der Waals surface area contributed by atoms with Gasteiger partial charge in [-0.1, -0.05) is 12.1 Å². The molecule has 23 heavy (non-hydrogen) atoms. The second-order valence-corrected chi connectivity index (χ2v) is 7.15. The van der Waals surface area contributed by atoms with Crippen molar-refractivity contribution < 1.29 is 14.6 Å². The van der Waals surface area contributed by atoms with Crippen molar-refractivity contribution in [3.8, 4) is 5.75 Å². The molecule has 2 rings (SSSR count). The fourth-order valence-electron chi connectivity index (χ4n) is 2.74. The third-order valence-corrected chi connectivity index (χ3v) is 3.89. The first-order valence-corrected chi connectivity index (χ1v) is 8.33. The van der Waals surface area contributed by atoms with Crippen molar-refractivity contribution in [2.24, 2.45) is 0 Å². The highest BCUT2D eigenvalue weighted by Gasteiger charge is 2.24. The van der Waals surface area contributed by atoms with Crippen LogP contribution in [0.4, 0.5) is 4.79 Å². The van der Waals surface area contributed by atoms with E-state index in [9.17, 15) is 9.90 Å². The lowest BCUT2D eigenvalue weighted by Crippen LogP contribution is -2.38. The van der Waals surface area contributed by atoms with E-state index in [0.717, 1.165) is 37.9 Å². The van der Waals surface area contributed by atoms with Crippen LogP contribution in [0.5, 0.6) is 5.75 Å². The Morgan fingerprint density at radius 1 is 1.35 bits per heavy atom. The summed E-state index contributed by atoms with van der Waals surface area (Å²) in [7, 11) is 0. The molecule has 0 radical (unpaired) electrons. The molecule has 0 saturated carbocycles. The van der Waals surface area contributed by atoms with Crippen LogP contribution in [0, 0.1) is 0 Å². The van der Waals surface area contributed by atoms with Gasteiger partial charge in [0.05, 0.1) is 0 Å². The summed E-state index contributed by atoms with van der Waals surface area (Å²) in [6.45, 7) is 7.87. The molecule has 1 heterocycles. The van der Waals surface area contributed by atoms with E-state index in [2.05, 4.69) is 5.32 Å². The Morgan fingerprint density at radius 2 is 2.13 bits per heavy atom. The Hall–Kier alpha value is -1.75. The maximum atomic E-state index is 12.1. The lowest BCUT2D eigenvalue weighted by atomic mass is 10.1. The van der Waals surface area contributed by atoms with Crippen LogP contribution in [0.3, 0.4) is 0 Å².